The van der Waals surface area contributed by atoms with Gasteiger partial charge in [-0.25, -0.2) is 4.79 Å². The van der Waals surface area contributed by atoms with Crippen LogP contribution >= 0.6 is 0 Å². The summed E-state index contributed by atoms with van der Waals surface area (Å²) in [6, 6.07) is 20.9. The van der Waals surface area contributed by atoms with E-state index >= 15 is 0 Å². The number of anilines is 1. The van der Waals surface area contributed by atoms with Crippen molar-refractivity contribution in [2.24, 2.45) is 0 Å². The van der Waals surface area contributed by atoms with Gasteiger partial charge >= 0.3 is 6.09 Å². The second-order valence-electron chi connectivity index (χ2n) is 6.59. The summed E-state index contributed by atoms with van der Waals surface area (Å²) in [5, 5.41) is 12.7. The summed E-state index contributed by atoms with van der Waals surface area (Å²) in [6.07, 6.45) is 0.130. The van der Waals surface area contributed by atoms with E-state index < -0.39 is 6.09 Å². The minimum absolute atomic E-state index is 0.0110. The predicted molar refractivity (Wildman–Crippen MR) is 107 cm³/mol. The van der Waals surface area contributed by atoms with Crippen LogP contribution in [0.3, 0.4) is 0 Å². The Morgan fingerprint density at radius 3 is 2.33 bits per heavy atom. The summed E-state index contributed by atoms with van der Waals surface area (Å²) in [5.74, 6) is 0.0110. The number of amides is 1. The summed E-state index contributed by atoms with van der Waals surface area (Å²) < 4.78 is 5.22. The molecule has 27 heavy (non-hydrogen) atoms. The number of hydrogen-bond donors (Lipinski definition) is 2. The van der Waals surface area contributed by atoms with E-state index in [0.717, 1.165) is 17.5 Å². The van der Waals surface area contributed by atoms with E-state index in [1.165, 1.54) is 16.7 Å². The number of ether oxygens (including phenoxy) is 1. The SMILES string of the molecule is Cc1cccc(C)c1Cc1ccc(O)c(NC(=O)OCc2ccccc2)c1. The number of nitrogens with one attached hydrogen (secondary N) is 1. The van der Waals surface area contributed by atoms with Gasteiger partial charge in [0, 0.05) is 0 Å². The standard InChI is InChI=1S/C23H23NO3/c1-16-7-6-8-17(2)20(16)13-19-11-12-22(25)21(14-19)24-23(26)27-15-18-9-4-3-5-10-18/h3-12,14,25H,13,15H2,1-2H3,(H,24,26). The maximum Gasteiger partial charge on any atom is 0.412 e. The molecule has 0 bridgehead atoms. The molecule has 4 heteroatoms. The third kappa shape index (κ3) is 4.88. The number of phenols is 1. The molecule has 0 atom stereocenters. The molecule has 0 saturated heterocycles. The van der Waals surface area contributed by atoms with E-state index in [2.05, 4.69) is 31.3 Å². The highest BCUT2D eigenvalue weighted by Crippen LogP contribution is 2.27. The highest BCUT2D eigenvalue weighted by atomic mass is 16.5. The minimum atomic E-state index is -0.599. The quantitative estimate of drug-likeness (QED) is 0.602. The van der Waals surface area contributed by atoms with Crippen LogP contribution in [0.2, 0.25) is 0 Å². The van der Waals surface area contributed by atoms with Gasteiger partial charge in [-0.15, -0.1) is 0 Å². The molecule has 0 heterocycles. The van der Waals surface area contributed by atoms with E-state index in [1.807, 2.05) is 42.5 Å². The zero-order chi connectivity index (χ0) is 19.2. The molecule has 4 nitrogen and oxygen atoms in total. The van der Waals surface area contributed by atoms with Crippen molar-refractivity contribution >= 4 is 11.8 Å². The Kier molecular flexibility index (Phi) is 5.77. The number of phenolic OH excluding ortho intramolecular Hbond substituents is 1. The number of carbonyl (C=O) groups excluding carboxylic acids is 1. The lowest BCUT2D eigenvalue weighted by molar-refractivity contribution is 0.155. The molecule has 0 saturated carbocycles. The van der Waals surface area contributed by atoms with Gasteiger partial charge in [-0.05, 0) is 60.2 Å². The van der Waals surface area contributed by atoms with Crippen LogP contribution in [0.4, 0.5) is 10.5 Å². The van der Waals surface area contributed by atoms with Crippen LogP contribution in [0, 0.1) is 13.8 Å². The molecule has 3 rings (SSSR count). The van der Waals surface area contributed by atoms with Gasteiger partial charge < -0.3 is 9.84 Å². The number of rotatable bonds is 5. The monoisotopic (exact) mass is 361 g/mol. The van der Waals surface area contributed by atoms with Crippen LogP contribution in [0.1, 0.15) is 27.8 Å². The Hall–Kier alpha value is -3.27. The average Bonchev–Trinajstić information content (AvgIpc) is 2.66. The third-order valence-corrected chi connectivity index (χ3v) is 4.54. The van der Waals surface area contributed by atoms with Crippen LogP contribution in [-0.4, -0.2) is 11.2 Å². The lowest BCUT2D eigenvalue weighted by Crippen LogP contribution is -2.13. The van der Waals surface area contributed by atoms with Crippen molar-refractivity contribution in [3.8, 4) is 5.75 Å². The molecule has 0 aromatic heterocycles. The van der Waals surface area contributed by atoms with E-state index in [-0.39, 0.29) is 12.4 Å². The van der Waals surface area contributed by atoms with Gasteiger partial charge in [0.2, 0.25) is 0 Å². The topological polar surface area (TPSA) is 58.6 Å². The molecular weight excluding hydrogens is 338 g/mol. The Morgan fingerprint density at radius 2 is 1.63 bits per heavy atom. The van der Waals surface area contributed by atoms with Crippen molar-refractivity contribution < 1.29 is 14.6 Å². The van der Waals surface area contributed by atoms with Crippen molar-refractivity contribution in [2.75, 3.05) is 5.32 Å². The van der Waals surface area contributed by atoms with Gasteiger partial charge in [-0.3, -0.25) is 5.32 Å². The highest BCUT2D eigenvalue weighted by Gasteiger charge is 2.10. The summed E-state index contributed by atoms with van der Waals surface area (Å²) in [5.41, 5.74) is 5.95. The molecule has 3 aromatic carbocycles. The van der Waals surface area contributed by atoms with Crippen molar-refractivity contribution in [2.45, 2.75) is 26.9 Å². The van der Waals surface area contributed by atoms with Crippen molar-refractivity contribution in [3.05, 3.63) is 94.5 Å². The van der Waals surface area contributed by atoms with Gasteiger partial charge in [-0.2, -0.15) is 0 Å². The summed E-state index contributed by atoms with van der Waals surface area (Å²) >= 11 is 0. The summed E-state index contributed by atoms with van der Waals surface area (Å²) in [7, 11) is 0. The normalized spacial score (nSPS) is 10.4. The molecule has 0 aliphatic rings. The molecule has 2 N–H and O–H groups in total. The third-order valence-electron chi connectivity index (χ3n) is 4.54. The molecule has 0 spiro atoms. The number of aryl methyl sites for hydroxylation is 2. The minimum Gasteiger partial charge on any atom is -0.506 e. The Morgan fingerprint density at radius 1 is 0.926 bits per heavy atom. The zero-order valence-electron chi connectivity index (χ0n) is 15.5. The number of carbonyl (C=O) groups is 1. The molecule has 3 aromatic rings. The number of benzene rings is 3. The molecule has 0 unspecified atom stereocenters. The van der Waals surface area contributed by atoms with E-state index in [1.54, 1.807) is 12.1 Å². The Balaban J connectivity index is 1.69. The van der Waals surface area contributed by atoms with Crippen LogP contribution in [0.5, 0.6) is 5.75 Å². The van der Waals surface area contributed by atoms with E-state index in [0.29, 0.717) is 5.69 Å². The maximum absolute atomic E-state index is 12.1. The maximum atomic E-state index is 12.1. The first kappa shape index (κ1) is 18.5. The van der Waals surface area contributed by atoms with Crippen LogP contribution in [-0.2, 0) is 17.8 Å². The molecular formula is C23H23NO3. The van der Waals surface area contributed by atoms with Crippen molar-refractivity contribution in [1.82, 2.24) is 0 Å². The lowest BCUT2D eigenvalue weighted by Gasteiger charge is -2.13. The lowest BCUT2D eigenvalue weighted by atomic mass is 9.96. The predicted octanol–water partition coefficient (Wildman–Crippen LogP) is 5.35. The molecule has 1 amide bonds. The van der Waals surface area contributed by atoms with Gasteiger partial charge in [0.05, 0.1) is 5.69 Å². The average molecular weight is 361 g/mol. The zero-order valence-corrected chi connectivity index (χ0v) is 15.5. The van der Waals surface area contributed by atoms with Crippen LogP contribution < -0.4 is 5.32 Å². The summed E-state index contributed by atoms with van der Waals surface area (Å²) in [6.45, 7) is 4.35. The molecule has 0 fully saturated rings. The van der Waals surface area contributed by atoms with Crippen LogP contribution in [0.25, 0.3) is 0 Å². The molecule has 0 radical (unpaired) electrons. The second-order valence-corrected chi connectivity index (χ2v) is 6.59. The first-order chi connectivity index (χ1) is 13.0. The fourth-order valence-electron chi connectivity index (χ4n) is 2.99. The van der Waals surface area contributed by atoms with Crippen molar-refractivity contribution in [1.29, 1.82) is 0 Å². The molecule has 0 aliphatic heterocycles. The fraction of sp³-hybridized carbons (Fsp3) is 0.174. The first-order valence-corrected chi connectivity index (χ1v) is 8.87. The van der Waals surface area contributed by atoms with Crippen molar-refractivity contribution in [3.63, 3.8) is 0 Å². The second kappa shape index (κ2) is 8.41. The van der Waals surface area contributed by atoms with Gasteiger partial charge in [-0.1, -0.05) is 54.6 Å². The summed E-state index contributed by atoms with van der Waals surface area (Å²) in [4.78, 5) is 12.1. The number of aromatic hydroxyl groups is 1. The van der Waals surface area contributed by atoms with Gasteiger partial charge in [0.15, 0.2) is 0 Å². The van der Waals surface area contributed by atoms with Gasteiger partial charge in [0.1, 0.15) is 12.4 Å². The Labute approximate surface area is 159 Å². The largest absolute Gasteiger partial charge is 0.506 e. The number of hydrogen-bond acceptors (Lipinski definition) is 3. The molecule has 0 aliphatic carbocycles. The van der Waals surface area contributed by atoms with E-state index in [4.69, 9.17) is 4.74 Å². The van der Waals surface area contributed by atoms with Gasteiger partial charge in [0.25, 0.3) is 0 Å². The first-order valence-electron chi connectivity index (χ1n) is 8.87. The smallest absolute Gasteiger partial charge is 0.412 e. The molecule has 138 valence electrons. The highest BCUT2D eigenvalue weighted by molar-refractivity contribution is 5.86. The fourth-order valence-corrected chi connectivity index (χ4v) is 2.99. The van der Waals surface area contributed by atoms with E-state index in [9.17, 15) is 9.90 Å². The Bertz CT molecular complexity index is 915. The van der Waals surface area contributed by atoms with Crippen LogP contribution in [0.15, 0.2) is 66.7 Å².